The average molecular weight is 273 g/mol. The molecule has 1 aromatic carbocycles. The maximum atomic E-state index is 13.0. The molecule has 0 spiro atoms. The van der Waals surface area contributed by atoms with Crippen molar-refractivity contribution in [1.29, 1.82) is 0 Å². The Morgan fingerprint density at radius 1 is 1.21 bits per heavy atom. The predicted molar refractivity (Wildman–Crippen MR) is 67.5 cm³/mol. The molecule has 0 aliphatic heterocycles. The lowest BCUT2D eigenvalue weighted by Gasteiger charge is -2.22. The predicted octanol–water partition coefficient (Wildman–Crippen LogP) is 3.84. The summed E-state index contributed by atoms with van der Waals surface area (Å²) in [5.74, 6) is -0.285. The van der Waals surface area contributed by atoms with Crippen LogP contribution >= 0.6 is 0 Å². The summed E-state index contributed by atoms with van der Waals surface area (Å²) in [6.45, 7) is 3.84. The van der Waals surface area contributed by atoms with Crippen LogP contribution in [-0.2, 0) is 4.79 Å². The molecule has 106 valence electrons. The Balaban J connectivity index is 2.75. The zero-order valence-electron chi connectivity index (χ0n) is 11.0. The summed E-state index contributed by atoms with van der Waals surface area (Å²) in [5, 5.41) is 2.06. The van der Waals surface area contributed by atoms with Crippen LogP contribution in [0.5, 0.6) is 0 Å². The smallest absolute Gasteiger partial charge is 0.341 e. The number of carbonyl (C=O) groups excluding carboxylic acids is 1. The van der Waals surface area contributed by atoms with E-state index in [0.717, 1.165) is 0 Å². The van der Waals surface area contributed by atoms with Gasteiger partial charge in [0.1, 0.15) is 0 Å². The quantitative estimate of drug-likeness (QED) is 0.867. The Morgan fingerprint density at radius 3 is 2.26 bits per heavy atom. The molecule has 19 heavy (non-hydrogen) atoms. The van der Waals surface area contributed by atoms with E-state index in [-0.39, 0.29) is 17.9 Å². The Morgan fingerprint density at radius 2 is 1.79 bits per heavy atom. The minimum absolute atomic E-state index is 0.0490. The van der Waals surface area contributed by atoms with Crippen LogP contribution in [0.4, 0.5) is 13.2 Å². The molecule has 1 atom stereocenters. The van der Waals surface area contributed by atoms with Gasteiger partial charge in [0.2, 0.25) is 5.91 Å². The van der Waals surface area contributed by atoms with Crippen LogP contribution in [0.1, 0.15) is 38.3 Å². The highest BCUT2D eigenvalue weighted by Gasteiger charge is 2.41. The molecule has 1 amide bonds. The first kappa shape index (κ1) is 15.5. The first-order valence-electron chi connectivity index (χ1n) is 6.21. The van der Waals surface area contributed by atoms with Crippen molar-refractivity contribution in [3.05, 3.63) is 35.9 Å². The van der Waals surface area contributed by atoms with E-state index in [1.54, 1.807) is 6.07 Å². The molecule has 0 aromatic heterocycles. The molecule has 0 saturated carbocycles. The zero-order chi connectivity index (χ0) is 14.5. The fourth-order valence-corrected chi connectivity index (χ4v) is 1.65. The van der Waals surface area contributed by atoms with E-state index >= 15 is 0 Å². The second kappa shape index (κ2) is 6.59. The van der Waals surface area contributed by atoms with E-state index in [4.69, 9.17) is 0 Å². The minimum atomic E-state index is -4.49. The molecule has 1 rings (SSSR count). The monoisotopic (exact) mass is 273 g/mol. The van der Waals surface area contributed by atoms with Crippen LogP contribution in [-0.4, -0.2) is 12.1 Å². The number of rotatable bonds is 5. The molecule has 0 bridgehead atoms. The van der Waals surface area contributed by atoms with Gasteiger partial charge in [0.25, 0.3) is 0 Å². The molecule has 1 N–H and O–H groups in total. The van der Waals surface area contributed by atoms with Crippen molar-refractivity contribution in [3.8, 4) is 0 Å². The molecule has 0 unspecified atom stereocenters. The Kier molecular flexibility index (Phi) is 5.39. The molecule has 0 fully saturated rings. The average Bonchev–Trinajstić information content (AvgIpc) is 2.33. The highest BCUT2D eigenvalue weighted by atomic mass is 19.4. The Labute approximate surface area is 111 Å². The van der Waals surface area contributed by atoms with Gasteiger partial charge in [-0.05, 0) is 17.9 Å². The molecule has 1 aromatic rings. The first-order chi connectivity index (χ1) is 8.80. The lowest BCUT2D eigenvalue weighted by Crippen LogP contribution is -2.38. The molecular weight excluding hydrogens is 255 g/mol. The van der Waals surface area contributed by atoms with Gasteiger partial charge >= 0.3 is 6.18 Å². The summed E-state index contributed by atoms with van der Waals surface area (Å²) in [6, 6.07) is 5.47. The van der Waals surface area contributed by atoms with Crippen molar-refractivity contribution in [2.45, 2.75) is 38.9 Å². The minimum Gasteiger partial charge on any atom is -0.341 e. The molecule has 0 saturated heterocycles. The molecule has 2 nitrogen and oxygen atoms in total. The van der Waals surface area contributed by atoms with E-state index in [9.17, 15) is 18.0 Å². The van der Waals surface area contributed by atoms with Crippen LogP contribution < -0.4 is 5.32 Å². The van der Waals surface area contributed by atoms with Gasteiger partial charge in [0.05, 0.1) is 0 Å². The van der Waals surface area contributed by atoms with Gasteiger partial charge in [0.15, 0.2) is 6.04 Å². The fourth-order valence-electron chi connectivity index (χ4n) is 1.65. The SMILES string of the molecule is CC(C)CCC(=O)N[C@H](c1ccccc1)C(F)(F)F. The van der Waals surface area contributed by atoms with Crippen molar-refractivity contribution in [3.63, 3.8) is 0 Å². The second-order valence-electron chi connectivity index (χ2n) is 4.89. The number of amides is 1. The molecule has 0 radical (unpaired) electrons. The number of nitrogens with one attached hydrogen (secondary N) is 1. The maximum absolute atomic E-state index is 13.0. The summed E-state index contributed by atoms with van der Waals surface area (Å²) >= 11 is 0. The van der Waals surface area contributed by atoms with Crippen molar-refractivity contribution < 1.29 is 18.0 Å². The third-order valence-corrected chi connectivity index (χ3v) is 2.71. The first-order valence-corrected chi connectivity index (χ1v) is 6.21. The van der Waals surface area contributed by atoms with Gasteiger partial charge in [-0.2, -0.15) is 13.2 Å². The number of benzene rings is 1. The van der Waals surface area contributed by atoms with Gasteiger partial charge in [-0.15, -0.1) is 0 Å². The largest absolute Gasteiger partial charge is 0.412 e. The molecule has 0 heterocycles. The number of halogens is 3. The highest BCUT2D eigenvalue weighted by molar-refractivity contribution is 5.76. The molecule has 0 aliphatic rings. The summed E-state index contributed by atoms with van der Waals surface area (Å²) in [6.07, 6.45) is -3.81. The summed E-state index contributed by atoms with van der Waals surface area (Å²) in [7, 11) is 0. The van der Waals surface area contributed by atoms with E-state index in [1.165, 1.54) is 24.3 Å². The third kappa shape index (κ3) is 5.32. The molecular formula is C14H18F3NO. The Bertz CT molecular complexity index is 401. The summed E-state index contributed by atoms with van der Waals surface area (Å²) in [4.78, 5) is 11.6. The van der Waals surface area contributed by atoms with Crippen molar-refractivity contribution in [2.75, 3.05) is 0 Å². The highest BCUT2D eigenvalue weighted by Crippen LogP contribution is 2.32. The van der Waals surface area contributed by atoms with Crippen molar-refractivity contribution in [1.82, 2.24) is 5.32 Å². The van der Waals surface area contributed by atoms with Crippen LogP contribution in [0.15, 0.2) is 30.3 Å². The number of hydrogen-bond donors (Lipinski definition) is 1. The van der Waals surface area contributed by atoms with E-state index in [2.05, 4.69) is 5.32 Å². The van der Waals surface area contributed by atoms with E-state index < -0.39 is 18.1 Å². The number of alkyl halides is 3. The summed E-state index contributed by atoms with van der Waals surface area (Å²) < 4.78 is 38.9. The lowest BCUT2D eigenvalue weighted by atomic mass is 10.0. The van der Waals surface area contributed by atoms with Gasteiger partial charge in [0, 0.05) is 6.42 Å². The summed E-state index contributed by atoms with van der Waals surface area (Å²) in [5.41, 5.74) is 0.0490. The van der Waals surface area contributed by atoms with E-state index in [0.29, 0.717) is 6.42 Å². The second-order valence-corrected chi connectivity index (χ2v) is 4.89. The van der Waals surface area contributed by atoms with Crippen molar-refractivity contribution >= 4 is 5.91 Å². The number of hydrogen-bond acceptors (Lipinski definition) is 1. The van der Waals surface area contributed by atoms with Crippen LogP contribution in [0.3, 0.4) is 0 Å². The molecule has 5 heteroatoms. The fraction of sp³-hybridized carbons (Fsp3) is 0.500. The normalized spacial score (nSPS) is 13.4. The Hall–Kier alpha value is -1.52. The van der Waals surface area contributed by atoms with Crippen LogP contribution in [0.25, 0.3) is 0 Å². The van der Waals surface area contributed by atoms with Crippen LogP contribution in [0, 0.1) is 5.92 Å². The van der Waals surface area contributed by atoms with Crippen molar-refractivity contribution in [2.24, 2.45) is 5.92 Å². The topological polar surface area (TPSA) is 29.1 Å². The van der Waals surface area contributed by atoms with Gasteiger partial charge in [-0.25, -0.2) is 0 Å². The van der Waals surface area contributed by atoms with Gasteiger partial charge < -0.3 is 5.32 Å². The standard InChI is InChI=1S/C14H18F3NO/c1-10(2)8-9-12(19)18-13(14(15,16)17)11-6-4-3-5-7-11/h3-7,10,13H,8-9H2,1-2H3,(H,18,19)/t13-/m1/s1. The lowest BCUT2D eigenvalue weighted by molar-refractivity contribution is -0.163. The third-order valence-electron chi connectivity index (χ3n) is 2.71. The zero-order valence-corrected chi connectivity index (χ0v) is 11.0. The number of carbonyl (C=O) groups is 1. The van der Waals surface area contributed by atoms with E-state index in [1.807, 2.05) is 13.8 Å². The molecule has 0 aliphatic carbocycles. The van der Waals surface area contributed by atoms with Crippen LogP contribution in [0.2, 0.25) is 0 Å². The maximum Gasteiger partial charge on any atom is 0.412 e. The van der Waals surface area contributed by atoms with Gasteiger partial charge in [-0.3, -0.25) is 4.79 Å². The van der Waals surface area contributed by atoms with Gasteiger partial charge in [-0.1, -0.05) is 44.2 Å².